The van der Waals surface area contributed by atoms with Gasteiger partial charge >= 0.3 is 0 Å². The first-order valence-electron chi connectivity index (χ1n) is 5.39. The van der Waals surface area contributed by atoms with Crippen molar-refractivity contribution in [3.05, 3.63) is 39.9 Å². The topological polar surface area (TPSA) is 46.4 Å². The monoisotopic (exact) mass is 222 g/mol. The van der Waals surface area contributed by atoms with E-state index < -0.39 is 0 Å². The Morgan fingerprint density at radius 1 is 1.19 bits per heavy atom. The first-order chi connectivity index (χ1) is 7.43. The minimum absolute atomic E-state index is 0.142. The lowest BCUT2D eigenvalue weighted by atomic mass is 10.1. The summed E-state index contributed by atoms with van der Waals surface area (Å²) in [5.41, 5.74) is 1.24. The van der Waals surface area contributed by atoms with Crippen LogP contribution in [0.15, 0.2) is 24.3 Å². The van der Waals surface area contributed by atoms with Crippen molar-refractivity contribution in [1.29, 1.82) is 0 Å². The second kappa shape index (κ2) is 5.07. The van der Waals surface area contributed by atoms with Crippen molar-refractivity contribution in [2.24, 2.45) is 0 Å². The molecule has 4 nitrogen and oxygen atoms in total. The normalized spacial score (nSPS) is 13.1. The molecule has 1 aromatic carbocycles. The third-order valence-electron chi connectivity index (χ3n) is 3.01. The molecule has 0 heterocycles. The molecule has 0 saturated carbocycles. The van der Waals surface area contributed by atoms with Gasteiger partial charge in [0.2, 0.25) is 0 Å². The fraction of sp³-hybridized carbons (Fsp3) is 0.500. The highest BCUT2D eigenvalue weighted by Gasteiger charge is 2.15. The third-order valence-corrected chi connectivity index (χ3v) is 3.01. The van der Waals surface area contributed by atoms with Gasteiger partial charge in [-0.2, -0.15) is 0 Å². The summed E-state index contributed by atoms with van der Waals surface area (Å²) >= 11 is 0. The van der Waals surface area contributed by atoms with Crippen LogP contribution >= 0.6 is 0 Å². The Morgan fingerprint density at radius 2 is 1.69 bits per heavy atom. The summed E-state index contributed by atoms with van der Waals surface area (Å²) < 4.78 is 0. The summed E-state index contributed by atoms with van der Waals surface area (Å²) in [6.07, 6.45) is 0. The largest absolute Gasteiger partial charge is 0.297 e. The van der Waals surface area contributed by atoms with Gasteiger partial charge < -0.3 is 0 Å². The molecule has 0 aromatic heterocycles. The fourth-order valence-electron chi connectivity index (χ4n) is 1.56. The molecule has 0 radical (unpaired) electrons. The van der Waals surface area contributed by atoms with Gasteiger partial charge in [-0.3, -0.25) is 15.0 Å². The Hall–Kier alpha value is -1.42. The fourth-order valence-corrected chi connectivity index (χ4v) is 1.56. The number of rotatable bonds is 4. The average Bonchev–Trinajstić information content (AvgIpc) is 2.27. The van der Waals surface area contributed by atoms with E-state index in [2.05, 4.69) is 32.7 Å². The summed E-state index contributed by atoms with van der Waals surface area (Å²) in [4.78, 5) is 12.4. The van der Waals surface area contributed by atoms with E-state index in [1.807, 2.05) is 12.1 Å². The number of nitrogens with zero attached hydrogens (tertiary/aromatic N) is 2. The molecule has 4 heteroatoms. The van der Waals surface area contributed by atoms with Crippen LogP contribution < -0.4 is 0 Å². The Morgan fingerprint density at radius 3 is 2.06 bits per heavy atom. The van der Waals surface area contributed by atoms with Gasteiger partial charge in [0.25, 0.3) is 5.69 Å². The maximum Gasteiger partial charge on any atom is 0.269 e. The average molecular weight is 222 g/mol. The molecule has 0 fully saturated rings. The molecule has 0 aliphatic carbocycles. The van der Waals surface area contributed by atoms with E-state index in [9.17, 15) is 10.1 Å². The molecule has 0 aliphatic rings. The molecule has 1 rings (SSSR count). The highest BCUT2D eigenvalue weighted by molar-refractivity contribution is 5.34. The quantitative estimate of drug-likeness (QED) is 0.581. The zero-order chi connectivity index (χ0) is 12.3. The predicted octanol–water partition coefficient (Wildman–Crippen LogP) is 3.00. The maximum atomic E-state index is 10.5. The minimum atomic E-state index is -0.374. The highest BCUT2D eigenvalue weighted by atomic mass is 16.6. The zero-order valence-electron chi connectivity index (χ0n) is 10.2. The van der Waals surface area contributed by atoms with Crippen LogP contribution in [0, 0.1) is 10.1 Å². The highest BCUT2D eigenvalue weighted by Crippen LogP contribution is 2.22. The molecular formula is C12H18N2O2. The molecule has 1 unspecified atom stereocenters. The van der Waals surface area contributed by atoms with Gasteiger partial charge in [-0.1, -0.05) is 12.1 Å². The van der Waals surface area contributed by atoms with Gasteiger partial charge in [0.1, 0.15) is 0 Å². The number of hydrogen-bond donors (Lipinski definition) is 0. The molecule has 0 N–H and O–H groups in total. The van der Waals surface area contributed by atoms with Crippen molar-refractivity contribution in [2.75, 3.05) is 7.05 Å². The number of non-ortho nitro benzene ring substituents is 1. The van der Waals surface area contributed by atoms with Crippen molar-refractivity contribution in [3.63, 3.8) is 0 Å². The lowest BCUT2D eigenvalue weighted by molar-refractivity contribution is -0.384. The van der Waals surface area contributed by atoms with E-state index in [1.54, 1.807) is 12.1 Å². The predicted molar refractivity (Wildman–Crippen MR) is 64.4 cm³/mol. The van der Waals surface area contributed by atoms with Crippen molar-refractivity contribution in [3.8, 4) is 0 Å². The van der Waals surface area contributed by atoms with Crippen LogP contribution in [0.1, 0.15) is 32.4 Å². The standard InChI is InChI=1S/C12H18N2O2/c1-9(2)13(4)10(3)11-5-7-12(8-6-11)14(15)16/h5-10H,1-4H3. The van der Waals surface area contributed by atoms with Crippen LogP contribution in [-0.4, -0.2) is 22.9 Å². The molecule has 0 spiro atoms. The van der Waals surface area contributed by atoms with Crippen LogP contribution in [0.5, 0.6) is 0 Å². The second-order valence-electron chi connectivity index (χ2n) is 4.28. The number of hydrogen-bond acceptors (Lipinski definition) is 3. The molecule has 1 aromatic rings. The van der Waals surface area contributed by atoms with E-state index >= 15 is 0 Å². The van der Waals surface area contributed by atoms with Crippen molar-refractivity contribution < 1.29 is 4.92 Å². The molecular weight excluding hydrogens is 204 g/mol. The Bertz CT molecular complexity index is 360. The summed E-state index contributed by atoms with van der Waals surface area (Å²) in [6, 6.07) is 7.47. The van der Waals surface area contributed by atoms with Crippen molar-refractivity contribution in [1.82, 2.24) is 4.90 Å². The van der Waals surface area contributed by atoms with E-state index in [4.69, 9.17) is 0 Å². The Kier molecular flexibility index (Phi) is 4.01. The molecule has 1 atom stereocenters. The van der Waals surface area contributed by atoms with Gasteiger partial charge in [0.15, 0.2) is 0 Å². The lowest BCUT2D eigenvalue weighted by Crippen LogP contribution is -2.29. The van der Waals surface area contributed by atoms with Crippen LogP contribution in [0.25, 0.3) is 0 Å². The van der Waals surface area contributed by atoms with Gasteiger partial charge in [-0.15, -0.1) is 0 Å². The van der Waals surface area contributed by atoms with Gasteiger partial charge in [-0.25, -0.2) is 0 Å². The zero-order valence-corrected chi connectivity index (χ0v) is 10.2. The maximum absolute atomic E-state index is 10.5. The first-order valence-corrected chi connectivity index (χ1v) is 5.39. The minimum Gasteiger partial charge on any atom is -0.297 e. The summed E-state index contributed by atoms with van der Waals surface area (Å²) in [6.45, 7) is 6.35. The van der Waals surface area contributed by atoms with E-state index in [1.165, 1.54) is 0 Å². The molecule has 88 valence electrons. The number of benzene rings is 1. The molecule has 0 saturated heterocycles. The smallest absolute Gasteiger partial charge is 0.269 e. The van der Waals surface area contributed by atoms with Crippen LogP contribution in [-0.2, 0) is 0 Å². The number of nitro groups is 1. The van der Waals surface area contributed by atoms with Gasteiger partial charge in [0.05, 0.1) is 4.92 Å². The summed E-state index contributed by atoms with van der Waals surface area (Å²) in [7, 11) is 2.05. The molecule has 0 amide bonds. The first kappa shape index (κ1) is 12.6. The SMILES string of the molecule is CC(C)N(C)C(C)c1ccc([N+](=O)[O-])cc1. The van der Waals surface area contributed by atoms with Crippen LogP contribution in [0.4, 0.5) is 5.69 Å². The summed E-state index contributed by atoms with van der Waals surface area (Å²) in [5.74, 6) is 0. The number of nitro benzene ring substituents is 1. The van der Waals surface area contributed by atoms with E-state index in [0.717, 1.165) is 5.56 Å². The lowest BCUT2D eigenvalue weighted by Gasteiger charge is -2.28. The van der Waals surface area contributed by atoms with Crippen molar-refractivity contribution >= 4 is 5.69 Å². The van der Waals surface area contributed by atoms with Crippen molar-refractivity contribution in [2.45, 2.75) is 32.9 Å². The van der Waals surface area contributed by atoms with Crippen LogP contribution in [0.2, 0.25) is 0 Å². The van der Waals surface area contributed by atoms with Crippen LogP contribution in [0.3, 0.4) is 0 Å². The molecule has 0 aliphatic heterocycles. The van der Waals surface area contributed by atoms with E-state index in [-0.39, 0.29) is 16.7 Å². The van der Waals surface area contributed by atoms with Gasteiger partial charge in [-0.05, 0) is 33.4 Å². The molecule has 16 heavy (non-hydrogen) atoms. The Balaban J connectivity index is 2.85. The van der Waals surface area contributed by atoms with Gasteiger partial charge in [0, 0.05) is 24.2 Å². The summed E-state index contributed by atoms with van der Waals surface area (Å²) in [5, 5.41) is 10.5. The Labute approximate surface area is 96.0 Å². The molecule has 0 bridgehead atoms. The third kappa shape index (κ3) is 2.79. The van der Waals surface area contributed by atoms with E-state index in [0.29, 0.717) is 6.04 Å². The second-order valence-corrected chi connectivity index (χ2v) is 4.28.